The van der Waals surface area contributed by atoms with Gasteiger partial charge in [0.25, 0.3) is 0 Å². The maximum atomic E-state index is 5.83. The van der Waals surface area contributed by atoms with Crippen LogP contribution in [0.4, 0.5) is 5.69 Å². The summed E-state index contributed by atoms with van der Waals surface area (Å²) in [7, 11) is 0. The summed E-state index contributed by atoms with van der Waals surface area (Å²) in [5, 5.41) is 8.31. The number of nitrogens with two attached hydrogens (primary N) is 1. The van der Waals surface area contributed by atoms with Gasteiger partial charge in [0.2, 0.25) is 0 Å². The number of aryl methyl sites for hydroxylation is 1. The molecular weight excluding hydrogens is 264 g/mol. The van der Waals surface area contributed by atoms with E-state index < -0.39 is 0 Å². The molecule has 2 N–H and O–H groups in total. The fourth-order valence-electron chi connectivity index (χ4n) is 2.24. The van der Waals surface area contributed by atoms with E-state index in [1.165, 1.54) is 0 Å². The molecule has 3 rings (SSSR count). The van der Waals surface area contributed by atoms with Crippen LogP contribution in [0.15, 0.2) is 48.5 Å². The Labute approximate surface area is 123 Å². The van der Waals surface area contributed by atoms with Gasteiger partial charge in [-0.15, -0.1) is 5.10 Å². The first kappa shape index (κ1) is 13.4. The minimum absolute atomic E-state index is 0.654. The first-order valence-electron chi connectivity index (χ1n) is 7.10. The average Bonchev–Trinajstić information content (AvgIpc) is 2.92. The van der Waals surface area contributed by atoms with Crippen molar-refractivity contribution in [2.75, 3.05) is 12.3 Å². The van der Waals surface area contributed by atoms with Gasteiger partial charge in [-0.2, -0.15) is 0 Å². The van der Waals surface area contributed by atoms with Gasteiger partial charge < -0.3 is 10.5 Å². The number of nitrogens with zero attached hydrogens (tertiary/aromatic N) is 3. The van der Waals surface area contributed by atoms with E-state index in [0.29, 0.717) is 12.3 Å². The highest BCUT2D eigenvalue weighted by molar-refractivity contribution is 5.73. The Morgan fingerprint density at radius 1 is 1.00 bits per heavy atom. The van der Waals surface area contributed by atoms with Crippen LogP contribution in [-0.2, 0) is 6.54 Å². The molecule has 0 spiro atoms. The third kappa shape index (κ3) is 3.13. The molecule has 0 bridgehead atoms. The fourth-order valence-corrected chi connectivity index (χ4v) is 2.24. The predicted molar refractivity (Wildman–Crippen MR) is 83.1 cm³/mol. The van der Waals surface area contributed by atoms with Crippen molar-refractivity contribution in [3.05, 3.63) is 48.5 Å². The van der Waals surface area contributed by atoms with Crippen LogP contribution < -0.4 is 10.5 Å². The lowest BCUT2D eigenvalue weighted by atomic mass is 10.3. The van der Waals surface area contributed by atoms with Crippen molar-refractivity contribution in [3.8, 4) is 5.75 Å². The van der Waals surface area contributed by atoms with Gasteiger partial charge in [-0.25, -0.2) is 4.68 Å². The van der Waals surface area contributed by atoms with Crippen LogP contribution in [0.3, 0.4) is 0 Å². The summed E-state index contributed by atoms with van der Waals surface area (Å²) in [6.45, 7) is 1.50. The predicted octanol–water partition coefficient (Wildman–Crippen LogP) is 2.87. The molecule has 3 aromatic rings. The number of hydrogen-bond acceptors (Lipinski definition) is 4. The summed E-state index contributed by atoms with van der Waals surface area (Å²) in [5.74, 6) is 0.753. The molecule has 0 fully saturated rings. The zero-order valence-electron chi connectivity index (χ0n) is 11.8. The molecule has 0 saturated carbocycles. The van der Waals surface area contributed by atoms with Gasteiger partial charge in [0.1, 0.15) is 11.3 Å². The second-order valence-corrected chi connectivity index (χ2v) is 4.89. The van der Waals surface area contributed by atoms with E-state index in [2.05, 4.69) is 10.3 Å². The van der Waals surface area contributed by atoms with Gasteiger partial charge >= 0.3 is 0 Å². The van der Waals surface area contributed by atoms with Gasteiger partial charge in [-0.3, -0.25) is 0 Å². The Hall–Kier alpha value is -2.56. The number of unbranched alkanes of at least 4 members (excludes halogenated alkanes) is 1. The van der Waals surface area contributed by atoms with E-state index in [4.69, 9.17) is 10.5 Å². The number of nitrogen functional groups attached to an aromatic ring is 1. The number of para-hydroxylation sites is 3. The van der Waals surface area contributed by atoms with Gasteiger partial charge in [0.05, 0.1) is 17.8 Å². The van der Waals surface area contributed by atoms with E-state index in [-0.39, 0.29) is 0 Å². The maximum absolute atomic E-state index is 5.83. The molecule has 21 heavy (non-hydrogen) atoms. The van der Waals surface area contributed by atoms with Crippen molar-refractivity contribution in [1.29, 1.82) is 0 Å². The van der Waals surface area contributed by atoms with E-state index in [1.54, 1.807) is 0 Å². The van der Waals surface area contributed by atoms with Gasteiger partial charge in [-0.1, -0.05) is 29.5 Å². The third-order valence-corrected chi connectivity index (χ3v) is 3.36. The van der Waals surface area contributed by atoms with E-state index in [1.807, 2.05) is 53.2 Å². The lowest BCUT2D eigenvalue weighted by Crippen LogP contribution is -2.04. The topological polar surface area (TPSA) is 66.0 Å². The van der Waals surface area contributed by atoms with Crippen molar-refractivity contribution in [3.63, 3.8) is 0 Å². The van der Waals surface area contributed by atoms with Crippen molar-refractivity contribution in [1.82, 2.24) is 15.0 Å². The van der Waals surface area contributed by atoms with Gasteiger partial charge in [0, 0.05) is 6.54 Å². The molecule has 0 aliphatic carbocycles. The van der Waals surface area contributed by atoms with Crippen molar-refractivity contribution in [2.24, 2.45) is 0 Å². The molecule has 0 aliphatic heterocycles. The summed E-state index contributed by atoms with van der Waals surface area (Å²) in [5.41, 5.74) is 8.52. The average molecular weight is 282 g/mol. The zero-order chi connectivity index (χ0) is 14.5. The standard InChI is InChI=1S/C16H18N4O/c17-13-7-1-4-10-16(13)21-12-6-5-11-20-15-9-3-2-8-14(15)18-19-20/h1-4,7-10H,5-6,11-12,17H2. The Morgan fingerprint density at radius 3 is 2.71 bits per heavy atom. The summed E-state index contributed by atoms with van der Waals surface area (Å²) in [4.78, 5) is 0. The minimum Gasteiger partial charge on any atom is -0.491 e. The molecule has 1 aromatic heterocycles. The normalized spacial score (nSPS) is 10.9. The van der Waals surface area contributed by atoms with Gasteiger partial charge in [0.15, 0.2) is 0 Å². The fraction of sp³-hybridized carbons (Fsp3) is 0.250. The maximum Gasteiger partial charge on any atom is 0.142 e. The first-order chi connectivity index (χ1) is 10.3. The number of hydrogen-bond donors (Lipinski definition) is 1. The molecule has 2 aromatic carbocycles. The zero-order valence-corrected chi connectivity index (χ0v) is 11.8. The molecule has 0 saturated heterocycles. The summed E-state index contributed by atoms with van der Waals surface area (Å²) >= 11 is 0. The summed E-state index contributed by atoms with van der Waals surface area (Å²) in [6, 6.07) is 15.5. The number of anilines is 1. The van der Waals surface area contributed by atoms with Crippen LogP contribution >= 0.6 is 0 Å². The molecule has 1 heterocycles. The van der Waals surface area contributed by atoms with E-state index in [0.717, 1.165) is 36.2 Å². The molecule has 0 aliphatic rings. The molecular formula is C16H18N4O. The van der Waals surface area contributed by atoms with Crippen LogP contribution in [0.25, 0.3) is 11.0 Å². The molecule has 5 heteroatoms. The first-order valence-corrected chi connectivity index (χ1v) is 7.10. The number of aromatic nitrogens is 3. The second-order valence-electron chi connectivity index (χ2n) is 4.89. The SMILES string of the molecule is Nc1ccccc1OCCCCn1nnc2ccccc21. The number of fused-ring (bicyclic) bond motifs is 1. The largest absolute Gasteiger partial charge is 0.491 e. The van der Waals surface area contributed by atoms with Crippen molar-refractivity contribution in [2.45, 2.75) is 19.4 Å². The molecule has 0 amide bonds. The highest BCUT2D eigenvalue weighted by Gasteiger charge is 2.03. The monoisotopic (exact) mass is 282 g/mol. The third-order valence-electron chi connectivity index (χ3n) is 3.36. The van der Waals surface area contributed by atoms with Crippen LogP contribution in [0.2, 0.25) is 0 Å². The van der Waals surface area contributed by atoms with Gasteiger partial charge in [-0.05, 0) is 37.1 Å². The Morgan fingerprint density at radius 2 is 1.81 bits per heavy atom. The number of ether oxygens (including phenoxy) is 1. The Balaban J connectivity index is 1.47. The van der Waals surface area contributed by atoms with E-state index in [9.17, 15) is 0 Å². The highest BCUT2D eigenvalue weighted by Crippen LogP contribution is 2.20. The molecule has 108 valence electrons. The summed E-state index contributed by atoms with van der Waals surface area (Å²) in [6.07, 6.45) is 1.93. The Kier molecular flexibility index (Phi) is 4.00. The minimum atomic E-state index is 0.654. The summed E-state index contributed by atoms with van der Waals surface area (Å²) < 4.78 is 7.61. The second kappa shape index (κ2) is 6.26. The van der Waals surface area contributed by atoms with Crippen LogP contribution in [0.5, 0.6) is 5.75 Å². The highest BCUT2D eigenvalue weighted by atomic mass is 16.5. The number of benzene rings is 2. The lowest BCUT2D eigenvalue weighted by molar-refractivity contribution is 0.303. The molecule has 0 unspecified atom stereocenters. The smallest absolute Gasteiger partial charge is 0.142 e. The van der Waals surface area contributed by atoms with E-state index >= 15 is 0 Å². The number of rotatable bonds is 6. The Bertz CT molecular complexity index is 723. The van der Waals surface area contributed by atoms with Crippen molar-refractivity contribution >= 4 is 16.7 Å². The lowest BCUT2D eigenvalue weighted by Gasteiger charge is -2.08. The molecule has 0 atom stereocenters. The van der Waals surface area contributed by atoms with Crippen LogP contribution in [-0.4, -0.2) is 21.6 Å². The molecule has 0 radical (unpaired) electrons. The molecule has 5 nitrogen and oxygen atoms in total. The van der Waals surface area contributed by atoms with Crippen LogP contribution in [0.1, 0.15) is 12.8 Å². The quantitative estimate of drug-likeness (QED) is 0.557. The van der Waals surface area contributed by atoms with Crippen molar-refractivity contribution < 1.29 is 4.74 Å². The van der Waals surface area contributed by atoms with Crippen LogP contribution in [0, 0.1) is 0 Å².